The minimum Gasteiger partial charge on any atom is -0.171 e. The third kappa shape index (κ3) is 11.7. The molecule has 0 fully saturated rings. The molecule has 0 aromatic heterocycles. The maximum Gasteiger partial charge on any atom is 0.389 e. The van der Waals surface area contributed by atoms with E-state index in [1.54, 1.807) is 6.92 Å². The van der Waals surface area contributed by atoms with Crippen LogP contribution in [0.25, 0.3) is 0 Å². The number of hydrogen-bond acceptors (Lipinski definition) is 0. The molecule has 0 aliphatic carbocycles. The van der Waals surface area contributed by atoms with E-state index in [4.69, 9.17) is 0 Å². The van der Waals surface area contributed by atoms with E-state index < -0.39 is 12.6 Å². The Morgan fingerprint density at radius 3 is 1.78 bits per heavy atom. The fraction of sp³-hybridized carbons (Fsp3) is 1.00. The van der Waals surface area contributed by atoms with Crippen LogP contribution in [0.1, 0.15) is 26.2 Å². The number of halogens is 3. The predicted molar refractivity (Wildman–Crippen MR) is 35.5 cm³/mol. The fourth-order valence-corrected chi connectivity index (χ4v) is 0.377. The fourth-order valence-electron chi connectivity index (χ4n) is 0.377. The van der Waals surface area contributed by atoms with E-state index in [9.17, 15) is 13.2 Å². The van der Waals surface area contributed by atoms with Crippen LogP contribution in [0.4, 0.5) is 13.2 Å². The number of hydrogen-bond donors (Lipinski definition) is 0. The minimum atomic E-state index is -3.95. The molecule has 0 amide bonds. The summed E-state index contributed by atoms with van der Waals surface area (Å²) in [4.78, 5) is 0. The second-order valence-corrected chi connectivity index (χ2v) is 1.72. The van der Waals surface area contributed by atoms with Crippen molar-refractivity contribution in [2.24, 2.45) is 0 Å². The first-order chi connectivity index (χ1) is 3.56. The summed E-state index contributed by atoms with van der Waals surface area (Å²) in [5.74, 6) is 0. The van der Waals surface area contributed by atoms with Gasteiger partial charge in [-0.05, 0) is 6.42 Å². The van der Waals surface area contributed by atoms with Gasteiger partial charge in [0.1, 0.15) is 0 Å². The van der Waals surface area contributed by atoms with Crippen LogP contribution in [0.5, 0.6) is 0 Å². The first-order valence-electron chi connectivity index (χ1n) is 2.63. The monoisotopic (exact) mass is 156 g/mol. The Bertz CT molecular complexity index is 59.7. The van der Waals surface area contributed by atoms with Gasteiger partial charge in [-0.25, -0.2) is 0 Å². The van der Waals surface area contributed by atoms with Gasteiger partial charge in [0.15, 0.2) is 17.4 Å². The van der Waals surface area contributed by atoms with E-state index >= 15 is 0 Å². The maximum absolute atomic E-state index is 11.2. The molecule has 0 N–H and O–H groups in total. The topological polar surface area (TPSA) is 0 Å². The van der Waals surface area contributed by atoms with Crippen LogP contribution in [-0.4, -0.2) is 23.5 Å². The van der Waals surface area contributed by atoms with Gasteiger partial charge in [-0.2, -0.15) is 13.2 Å². The largest absolute Gasteiger partial charge is 0.389 e. The molecule has 0 aromatic carbocycles. The lowest BCUT2D eigenvalue weighted by Crippen LogP contribution is -2.05. The normalized spacial score (nSPS) is 10.7. The molecule has 4 heteroatoms. The van der Waals surface area contributed by atoms with Crippen LogP contribution < -0.4 is 0 Å². The molecule has 0 aliphatic heterocycles. The van der Waals surface area contributed by atoms with E-state index in [0.29, 0.717) is 6.42 Å². The van der Waals surface area contributed by atoms with E-state index in [0.717, 1.165) is 0 Å². The highest BCUT2D eigenvalue weighted by atomic mass is 27.0. The lowest BCUT2D eigenvalue weighted by Gasteiger charge is -2.02. The summed E-state index contributed by atoms with van der Waals surface area (Å²) in [6, 6.07) is 0. The Kier molecular flexibility index (Phi) is 6.87. The molecule has 0 aliphatic rings. The molecule has 0 atom stereocenters. The highest BCUT2D eigenvalue weighted by Gasteiger charge is 2.25. The van der Waals surface area contributed by atoms with Crippen molar-refractivity contribution in [2.75, 3.05) is 0 Å². The third-order valence-corrected chi connectivity index (χ3v) is 0.814. The average molecular weight is 156 g/mol. The molecular formula is C5H12AlF3. The van der Waals surface area contributed by atoms with Crippen molar-refractivity contribution in [3.63, 3.8) is 0 Å². The van der Waals surface area contributed by atoms with E-state index in [2.05, 4.69) is 0 Å². The van der Waals surface area contributed by atoms with Gasteiger partial charge in [0, 0.05) is 6.42 Å². The molecular weight excluding hydrogens is 144 g/mol. The van der Waals surface area contributed by atoms with Crippen LogP contribution in [0.3, 0.4) is 0 Å². The van der Waals surface area contributed by atoms with Crippen molar-refractivity contribution < 1.29 is 13.2 Å². The predicted octanol–water partition coefficient (Wildman–Crippen LogP) is 1.56. The highest BCUT2D eigenvalue weighted by molar-refractivity contribution is 5.75. The molecule has 0 bridgehead atoms. The van der Waals surface area contributed by atoms with Gasteiger partial charge in [-0.1, -0.05) is 13.3 Å². The van der Waals surface area contributed by atoms with Gasteiger partial charge >= 0.3 is 6.18 Å². The summed E-state index contributed by atoms with van der Waals surface area (Å²) in [7, 11) is 0. The van der Waals surface area contributed by atoms with Crippen LogP contribution in [0.2, 0.25) is 0 Å². The molecule has 0 saturated carbocycles. The van der Waals surface area contributed by atoms with Crippen LogP contribution in [-0.2, 0) is 0 Å². The van der Waals surface area contributed by atoms with Gasteiger partial charge < -0.3 is 0 Å². The van der Waals surface area contributed by atoms with Crippen LogP contribution in [0.15, 0.2) is 0 Å². The quantitative estimate of drug-likeness (QED) is 0.532. The standard InChI is InChI=1S/C5H9F3.Al.3H/c1-2-3-4-5(6,7)8;;;;/h2-4H2,1H3;;;;. The Hall–Kier alpha value is 0.322. The Labute approximate surface area is 63.6 Å². The SMILES string of the molecule is CCCCC(F)(F)F.[AlH3]. The molecule has 0 aromatic rings. The van der Waals surface area contributed by atoms with Crippen molar-refractivity contribution in [1.29, 1.82) is 0 Å². The van der Waals surface area contributed by atoms with E-state index in [1.807, 2.05) is 0 Å². The van der Waals surface area contributed by atoms with Gasteiger partial charge in [-0.15, -0.1) is 0 Å². The second-order valence-electron chi connectivity index (χ2n) is 1.72. The molecule has 0 unspecified atom stereocenters. The smallest absolute Gasteiger partial charge is 0.171 e. The molecule has 0 rings (SSSR count). The molecule has 0 spiro atoms. The zero-order chi connectivity index (χ0) is 6.62. The molecule has 0 heterocycles. The third-order valence-electron chi connectivity index (χ3n) is 0.814. The van der Waals surface area contributed by atoms with Crippen molar-refractivity contribution in [3.8, 4) is 0 Å². The second kappa shape index (κ2) is 5.13. The molecule has 0 nitrogen and oxygen atoms in total. The van der Waals surface area contributed by atoms with Gasteiger partial charge in [0.25, 0.3) is 0 Å². The van der Waals surface area contributed by atoms with Crippen LogP contribution in [0, 0.1) is 0 Å². The molecule has 0 radical (unpaired) electrons. The summed E-state index contributed by atoms with van der Waals surface area (Å²) in [5.41, 5.74) is 0. The van der Waals surface area contributed by atoms with Crippen molar-refractivity contribution >= 4 is 17.4 Å². The van der Waals surface area contributed by atoms with Crippen molar-refractivity contribution in [1.82, 2.24) is 0 Å². The summed E-state index contributed by atoms with van der Waals surface area (Å²) >= 11 is 0. The number of alkyl halides is 3. The van der Waals surface area contributed by atoms with Gasteiger partial charge in [-0.3, -0.25) is 0 Å². The zero-order valence-electron chi connectivity index (χ0n) is 4.76. The molecule has 9 heavy (non-hydrogen) atoms. The number of unbranched alkanes of at least 4 members (excludes halogenated alkanes) is 1. The lowest BCUT2D eigenvalue weighted by atomic mass is 10.2. The first kappa shape index (κ1) is 12.0. The summed E-state index contributed by atoms with van der Waals surface area (Å²) in [6.07, 6.45) is -3.72. The molecule has 56 valence electrons. The average Bonchev–Trinajstić information content (AvgIpc) is 1.59. The summed E-state index contributed by atoms with van der Waals surface area (Å²) < 4.78 is 33.7. The summed E-state index contributed by atoms with van der Waals surface area (Å²) in [5, 5.41) is 0. The maximum atomic E-state index is 11.2. The van der Waals surface area contributed by atoms with Crippen molar-refractivity contribution in [3.05, 3.63) is 0 Å². The van der Waals surface area contributed by atoms with Gasteiger partial charge in [0.05, 0.1) is 0 Å². The lowest BCUT2D eigenvalue weighted by molar-refractivity contribution is -0.135. The van der Waals surface area contributed by atoms with Crippen molar-refractivity contribution in [2.45, 2.75) is 32.4 Å². The number of rotatable bonds is 2. The minimum absolute atomic E-state index is 0. The molecule has 0 saturated heterocycles. The van der Waals surface area contributed by atoms with E-state index in [-0.39, 0.29) is 23.8 Å². The Morgan fingerprint density at radius 2 is 1.67 bits per heavy atom. The summed E-state index contributed by atoms with van der Waals surface area (Å²) in [6.45, 7) is 1.74. The first-order valence-corrected chi connectivity index (χ1v) is 2.63. The Morgan fingerprint density at radius 1 is 1.22 bits per heavy atom. The van der Waals surface area contributed by atoms with E-state index in [1.165, 1.54) is 0 Å². The zero-order valence-corrected chi connectivity index (χ0v) is 4.76. The Balaban J connectivity index is 0. The van der Waals surface area contributed by atoms with Crippen LogP contribution >= 0.6 is 0 Å². The highest BCUT2D eigenvalue weighted by Crippen LogP contribution is 2.21. The van der Waals surface area contributed by atoms with Gasteiger partial charge in [0.2, 0.25) is 0 Å².